The number of imidazole rings is 1. The molecule has 1 N–H and O–H groups in total. The summed E-state index contributed by atoms with van der Waals surface area (Å²) in [6, 6.07) is 15.6. The van der Waals surface area contributed by atoms with Crippen LogP contribution in [0.1, 0.15) is 11.4 Å². The molecule has 154 valence electrons. The molecule has 30 heavy (non-hydrogen) atoms. The van der Waals surface area contributed by atoms with Crippen molar-refractivity contribution in [3.63, 3.8) is 0 Å². The fraction of sp³-hybridized carbons (Fsp3) is 0.182. The first-order valence-electron chi connectivity index (χ1n) is 9.25. The van der Waals surface area contributed by atoms with Gasteiger partial charge in [-0.3, -0.25) is 4.79 Å². The van der Waals surface area contributed by atoms with Gasteiger partial charge < -0.3 is 19.0 Å². The second-order valence-corrected chi connectivity index (χ2v) is 6.68. The Hall–Kier alpha value is -3.52. The lowest BCUT2D eigenvalue weighted by atomic mass is 10.1. The standard InChI is InChI=1S/C22H19F2N3O3/c1-29-13-20-26-17-8-6-14(15-7-9-21(28)25-11-15)10-18(17)27(20)12-16-4-2-3-5-19(16)30-22(23)24/h2-11,22H,12-13H2,1H3,(H,25,28). The number of aromatic amines is 1. The number of benzene rings is 2. The van der Waals surface area contributed by atoms with Crippen molar-refractivity contribution in [3.05, 3.63) is 82.5 Å². The highest BCUT2D eigenvalue weighted by Gasteiger charge is 2.15. The third-order valence-corrected chi connectivity index (χ3v) is 4.74. The molecule has 0 bridgehead atoms. The molecule has 0 aliphatic carbocycles. The maximum atomic E-state index is 12.8. The Morgan fingerprint density at radius 2 is 1.90 bits per heavy atom. The minimum absolute atomic E-state index is 0.120. The van der Waals surface area contributed by atoms with Crippen molar-refractivity contribution in [2.24, 2.45) is 0 Å². The molecule has 2 aromatic carbocycles. The molecule has 0 radical (unpaired) electrons. The van der Waals surface area contributed by atoms with E-state index in [0.717, 1.165) is 22.2 Å². The van der Waals surface area contributed by atoms with Crippen LogP contribution in [0.4, 0.5) is 8.78 Å². The van der Waals surface area contributed by atoms with Crippen molar-refractivity contribution in [2.45, 2.75) is 19.8 Å². The highest BCUT2D eigenvalue weighted by molar-refractivity contribution is 5.82. The van der Waals surface area contributed by atoms with Crippen LogP contribution in [0.2, 0.25) is 0 Å². The van der Waals surface area contributed by atoms with Crippen LogP contribution < -0.4 is 10.3 Å². The Bertz CT molecular complexity index is 1210. The number of methoxy groups -OCH3 is 1. The first-order chi connectivity index (χ1) is 14.5. The van der Waals surface area contributed by atoms with E-state index >= 15 is 0 Å². The minimum Gasteiger partial charge on any atom is -0.434 e. The average molecular weight is 411 g/mol. The maximum absolute atomic E-state index is 12.8. The molecular weight excluding hydrogens is 392 g/mol. The molecule has 2 heterocycles. The average Bonchev–Trinajstić information content (AvgIpc) is 3.06. The molecule has 0 aliphatic rings. The van der Waals surface area contributed by atoms with Gasteiger partial charge in [-0.1, -0.05) is 24.3 Å². The molecule has 0 aliphatic heterocycles. The lowest BCUT2D eigenvalue weighted by Crippen LogP contribution is -2.09. The van der Waals surface area contributed by atoms with Crippen LogP contribution in [-0.4, -0.2) is 28.3 Å². The summed E-state index contributed by atoms with van der Waals surface area (Å²) in [4.78, 5) is 18.7. The van der Waals surface area contributed by atoms with Crippen LogP contribution in [0.25, 0.3) is 22.2 Å². The third kappa shape index (κ3) is 4.08. The van der Waals surface area contributed by atoms with Gasteiger partial charge in [0.25, 0.3) is 0 Å². The summed E-state index contributed by atoms with van der Waals surface area (Å²) in [5.74, 6) is 0.785. The third-order valence-electron chi connectivity index (χ3n) is 4.74. The van der Waals surface area contributed by atoms with Gasteiger partial charge in [-0.25, -0.2) is 4.98 Å². The summed E-state index contributed by atoms with van der Waals surface area (Å²) in [5, 5.41) is 0. The second-order valence-electron chi connectivity index (χ2n) is 6.68. The molecule has 0 fully saturated rings. The number of halogens is 2. The monoisotopic (exact) mass is 411 g/mol. The fourth-order valence-electron chi connectivity index (χ4n) is 3.37. The van der Waals surface area contributed by atoms with Crippen molar-refractivity contribution >= 4 is 11.0 Å². The Balaban J connectivity index is 1.81. The smallest absolute Gasteiger partial charge is 0.387 e. The van der Waals surface area contributed by atoms with Gasteiger partial charge in [0.05, 0.1) is 17.6 Å². The number of para-hydroxylation sites is 1. The van der Waals surface area contributed by atoms with Gasteiger partial charge >= 0.3 is 6.61 Å². The molecule has 4 aromatic rings. The lowest BCUT2D eigenvalue weighted by Gasteiger charge is -2.14. The van der Waals surface area contributed by atoms with E-state index in [1.165, 1.54) is 12.1 Å². The molecule has 8 heteroatoms. The zero-order chi connectivity index (χ0) is 21.1. The van der Waals surface area contributed by atoms with E-state index < -0.39 is 6.61 Å². The van der Waals surface area contributed by atoms with Gasteiger partial charge in [0.15, 0.2) is 0 Å². The van der Waals surface area contributed by atoms with Crippen molar-refractivity contribution in [2.75, 3.05) is 7.11 Å². The van der Waals surface area contributed by atoms with Gasteiger partial charge in [0.1, 0.15) is 18.2 Å². The van der Waals surface area contributed by atoms with E-state index in [-0.39, 0.29) is 24.5 Å². The predicted molar refractivity (Wildman–Crippen MR) is 109 cm³/mol. The van der Waals surface area contributed by atoms with Crippen LogP contribution in [0.5, 0.6) is 5.75 Å². The van der Waals surface area contributed by atoms with Crippen LogP contribution in [-0.2, 0) is 17.9 Å². The number of hydrogen-bond donors (Lipinski definition) is 1. The fourth-order valence-corrected chi connectivity index (χ4v) is 3.37. The molecule has 2 aromatic heterocycles. The topological polar surface area (TPSA) is 69.1 Å². The zero-order valence-corrected chi connectivity index (χ0v) is 16.1. The van der Waals surface area contributed by atoms with Gasteiger partial charge in [-0.05, 0) is 35.4 Å². The Morgan fingerprint density at radius 3 is 2.63 bits per heavy atom. The van der Waals surface area contributed by atoms with E-state index in [1.807, 2.05) is 22.8 Å². The van der Waals surface area contributed by atoms with Crippen molar-refractivity contribution in [3.8, 4) is 16.9 Å². The van der Waals surface area contributed by atoms with Gasteiger partial charge in [0, 0.05) is 24.9 Å². The first kappa shape index (κ1) is 19.8. The van der Waals surface area contributed by atoms with Gasteiger partial charge in [0.2, 0.25) is 5.56 Å². The van der Waals surface area contributed by atoms with Crippen LogP contribution in [0.3, 0.4) is 0 Å². The number of fused-ring (bicyclic) bond motifs is 1. The van der Waals surface area contributed by atoms with E-state index in [2.05, 4.69) is 14.7 Å². The number of ether oxygens (including phenoxy) is 2. The number of nitrogens with one attached hydrogen (secondary N) is 1. The van der Waals surface area contributed by atoms with Crippen LogP contribution in [0.15, 0.2) is 65.6 Å². The molecule has 0 saturated heterocycles. The molecule has 4 rings (SSSR count). The Labute approximate surface area is 170 Å². The number of H-pyrrole nitrogens is 1. The Kier molecular flexibility index (Phi) is 5.58. The molecule has 0 amide bonds. The van der Waals surface area contributed by atoms with Crippen molar-refractivity contribution in [1.29, 1.82) is 0 Å². The normalized spacial score (nSPS) is 11.3. The van der Waals surface area contributed by atoms with E-state index in [0.29, 0.717) is 11.4 Å². The Morgan fingerprint density at radius 1 is 1.10 bits per heavy atom. The van der Waals surface area contributed by atoms with E-state index in [4.69, 9.17) is 4.74 Å². The van der Waals surface area contributed by atoms with Crippen LogP contribution in [0, 0.1) is 0 Å². The molecule has 0 spiro atoms. The molecule has 0 unspecified atom stereocenters. The van der Waals surface area contributed by atoms with Gasteiger partial charge in [-0.2, -0.15) is 8.78 Å². The summed E-state index contributed by atoms with van der Waals surface area (Å²) >= 11 is 0. The molecule has 0 saturated carbocycles. The highest BCUT2D eigenvalue weighted by atomic mass is 19.3. The highest BCUT2D eigenvalue weighted by Crippen LogP contribution is 2.28. The summed E-state index contributed by atoms with van der Waals surface area (Å²) in [6.07, 6.45) is 1.64. The number of alkyl halides is 2. The van der Waals surface area contributed by atoms with Gasteiger partial charge in [-0.15, -0.1) is 0 Å². The maximum Gasteiger partial charge on any atom is 0.387 e. The number of hydrogen-bond acceptors (Lipinski definition) is 4. The van der Waals surface area contributed by atoms with Crippen molar-refractivity contribution in [1.82, 2.24) is 14.5 Å². The quantitative estimate of drug-likeness (QED) is 0.495. The predicted octanol–water partition coefficient (Wildman–Crippen LogP) is 4.19. The number of pyridine rings is 1. The SMILES string of the molecule is COCc1nc2ccc(-c3ccc(=O)[nH]c3)cc2n1Cc1ccccc1OC(F)F. The van der Waals surface area contributed by atoms with Crippen molar-refractivity contribution < 1.29 is 18.3 Å². The number of aromatic nitrogens is 3. The summed E-state index contributed by atoms with van der Waals surface area (Å²) in [6.45, 7) is -2.36. The van der Waals surface area contributed by atoms with E-state index in [9.17, 15) is 13.6 Å². The molecular formula is C22H19F2N3O3. The lowest BCUT2D eigenvalue weighted by molar-refractivity contribution is -0.0504. The largest absolute Gasteiger partial charge is 0.434 e. The minimum atomic E-state index is -2.91. The second kappa shape index (κ2) is 8.46. The first-order valence-corrected chi connectivity index (χ1v) is 9.25. The summed E-state index contributed by atoms with van der Waals surface area (Å²) < 4.78 is 37.5. The number of rotatable bonds is 7. The molecule has 0 atom stereocenters. The summed E-state index contributed by atoms with van der Waals surface area (Å²) in [5.41, 5.74) is 3.73. The zero-order valence-electron chi connectivity index (χ0n) is 16.1. The number of nitrogens with zero attached hydrogens (tertiary/aromatic N) is 2. The van der Waals surface area contributed by atoms with E-state index in [1.54, 1.807) is 37.6 Å². The molecule has 6 nitrogen and oxygen atoms in total. The van der Waals surface area contributed by atoms with Crippen LogP contribution >= 0.6 is 0 Å². The summed E-state index contributed by atoms with van der Waals surface area (Å²) in [7, 11) is 1.57.